The fraction of sp³-hybridized carbons (Fsp3) is 0.333. The lowest BCUT2D eigenvalue weighted by Crippen LogP contribution is -2.21. The number of halogens is 4. The number of ether oxygens (including phenoxy) is 2. The minimum Gasteiger partial charge on any atom is -0.496 e. The normalized spacial score (nSPS) is 13.6. The summed E-state index contributed by atoms with van der Waals surface area (Å²) in [4.78, 5) is 34.7. The third kappa shape index (κ3) is 5.24. The number of pyridine rings is 1. The van der Waals surface area contributed by atoms with Gasteiger partial charge in [-0.15, -0.1) is 0 Å². The van der Waals surface area contributed by atoms with Gasteiger partial charge in [-0.1, -0.05) is 0 Å². The lowest BCUT2D eigenvalue weighted by Gasteiger charge is -2.17. The van der Waals surface area contributed by atoms with E-state index in [1.807, 2.05) is 0 Å². The van der Waals surface area contributed by atoms with E-state index in [0.29, 0.717) is 22.4 Å². The molecular formula is C30H27F4N7O3. The number of rotatable bonds is 8. The van der Waals surface area contributed by atoms with Crippen LogP contribution in [-0.2, 0) is 12.7 Å². The van der Waals surface area contributed by atoms with Gasteiger partial charge in [0.15, 0.2) is 11.5 Å². The summed E-state index contributed by atoms with van der Waals surface area (Å²) < 4.78 is 69.8. The third-order valence-corrected chi connectivity index (χ3v) is 7.42. The lowest BCUT2D eigenvalue weighted by atomic mass is 10.1. The lowest BCUT2D eigenvalue weighted by molar-refractivity contribution is -0.140. The average Bonchev–Trinajstić information content (AvgIpc) is 3.74. The third-order valence-electron chi connectivity index (χ3n) is 7.42. The van der Waals surface area contributed by atoms with Crippen LogP contribution in [0.15, 0.2) is 47.8 Å². The summed E-state index contributed by atoms with van der Waals surface area (Å²) in [5.74, 6) is -0.308. The number of benzene rings is 1. The van der Waals surface area contributed by atoms with Crippen LogP contribution in [-0.4, -0.2) is 48.3 Å². The number of methoxy groups -OCH3 is 2. The summed E-state index contributed by atoms with van der Waals surface area (Å²) in [7, 11) is 2.77. The van der Waals surface area contributed by atoms with Crippen LogP contribution in [0.2, 0.25) is 0 Å². The molecule has 1 aromatic carbocycles. The van der Waals surface area contributed by atoms with Crippen molar-refractivity contribution < 1.29 is 27.0 Å². The molecule has 0 spiro atoms. The number of imidazole rings is 1. The van der Waals surface area contributed by atoms with E-state index >= 15 is 4.39 Å². The minimum absolute atomic E-state index is 0.0370. The maximum Gasteiger partial charge on any atom is 0.434 e. The van der Waals surface area contributed by atoms with Gasteiger partial charge in [0.2, 0.25) is 5.88 Å². The molecule has 0 bridgehead atoms. The number of hydrogen-bond donors (Lipinski definition) is 0. The van der Waals surface area contributed by atoms with Crippen LogP contribution in [0.3, 0.4) is 0 Å². The van der Waals surface area contributed by atoms with Crippen LogP contribution < -0.4 is 15.0 Å². The number of aromatic nitrogens is 7. The SMILES string of the molecule is COc1cc(Cn2c(=O)ccc3cnc(-c4c(OC)ncnc4C4CC4)nc32)cc(F)c1-c1nc(C(F)(F)F)cn1C(C)C. The molecule has 0 radical (unpaired) electrons. The van der Waals surface area contributed by atoms with Crippen LogP contribution in [0.4, 0.5) is 17.6 Å². The second-order valence-corrected chi connectivity index (χ2v) is 10.8. The molecule has 10 nitrogen and oxygen atoms in total. The highest BCUT2D eigenvalue weighted by molar-refractivity contribution is 5.78. The second kappa shape index (κ2) is 11.0. The summed E-state index contributed by atoms with van der Waals surface area (Å²) in [5.41, 5.74) is 0.123. The predicted octanol–water partition coefficient (Wildman–Crippen LogP) is 5.79. The van der Waals surface area contributed by atoms with E-state index in [1.165, 1.54) is 41.8 Å². The van der Waals surface area contributed by atoms with Crippen molar-refractivity contribution in [1.29, 1.82) is 0 Å². The number of alkyl halides is 3. The largest absolute Gasteiger partial charge is 0.496 e. The Labute approximate surface area is 248 Å². The van der Waals surface area contributed by atoms with Gasteiger partial charge in [-0.25, -0.2) is 29.3 Å². The Kier molecular flexibility index (Phi) is 7.30. The smallest absolute Gasteiger partial charge is 0.434 e. The van der Waals surface area contributed by atoms with Gasteiger partial charge in [-0.2, -0.15) is 13.2 Å². The highest BCUT2D eigenvalue weighted by Gasteiger charge is 2.36. The van der Waals surface area contributed by atoms with Crippen molar-refractivity contribution in [3.63, 3.8) is 0 Å². The van der Waals surface area contributed by atoms with Gasteiger partial charge in [-0.3, -0.25) is 9.36 Å². The van der Waals surface area contributed by atoms with Crippen LogP contribution in [0.5, 0.6) is 11.6 Å². The van der Waals surface area contributed by atoms with E-state index in [1.54, 1.807) is 26.1 Å². The first-order chi connectivity index (χ1) is 21.0. The molecule has 4 aromatic heterocycles. The quantitative estimate of drug-likeness (QED) is 0.203. The molecular weight excluding hydrogens is 582 g/mol. The molecule has 0 amide bonds. The number of hydrogen-bond acceptors (Lipinski definition) is 8. The molecule has 5 aromatic rings. The summed E-state index contributed by atoms with van der Waals surface area (Å²) >= 11 is 0. The molecule has 0 saturated heterocycles. The molecule has 14 heteroatoms. The van der Waals surface area contributed by atoms with Crippen molar-refractivity contribution in [2.24, 2.45) is 0 Å². The van der Waals surface area contributed by atoms with Crippen LogP contribution in [0.1, 0.15) is 55.6 Å². The Hall–Kier alpha value is -4.88. The molecule has 1 aliphatic carbocycles. The first kappa shape index (κ1) is 29.2. The summed E-state index contributed by atoms with van der Waals surface area (Å²) in [5, 5.41) is 0.555. The zero-order chi connectivity index (χ0) is 31.3. The van der Waals surface area contributed by atoms with E-state index in [9.17, 15) is 18.0 Å². The van der Waals surface area contributed by atoms with Gasteiger partial charge in [0.25, 0.3) is 5.56 Å². The molecule has 4 heterocycles. The Morgan fingerprint density at radius 2 is 1.80 bits per heavy atom. The van der Waals surface area contributed by atoms with Crippen LogP contribution in [0.25, 0.3) is 33.8 Å². The van der Waals surface area contributed by atoms with Gasteiger partial charge in [0.1, 0.15) is 34.9 Å². The fourth-order valence-corrected chi connectivity index (χ4v) is 5.15. The molecule has 0 aliphatic heterocycles. The monoisotopic (exact) mass is 609 g/mol. The van der Waals surface area contributed by atoms with Gasteiger partial charge in [-0.05, 0) is 50.5 Å². The standard InChI is InChI=1S/C30H27F4N7O3/c1-15(2)40-13-21(30(32,33)34)38-28(40)23-19(31)9-16(10-20(23)43-3)12-41-22(42)8-7-18-11-35-26(39-27(18)41)24-25(17-5-6-17)36-14-37-29(24)44-4/h7-11,13-15,17H,5-6,12H2,1-4H3. The topological polar surface area (TPSA) is 110 Å². The van der Waals surface area contributed by atoms with Crippen molar-refractivity contribution in [2.75, 3.05) is 14.2 Å². The fourth-order valence-electron chi connectivity index (χ4n) is 5.15. The highest BCUT2D eigenvalue weighted by atomic mass is 19.4. The Morgan fingerprint density at radius 1 is 1.02 bits per heavy atom. The van der Waals surface area contributed by atoms with Crippen LogP contribution >= 0.6 is 0 Å². The summed E-state index contributed by atoms with van der Waals surface area (Å²) in [6, 6.07) is 5.11. The predicted molar refractivity (Wildman–Crippen MR) is 152 cm³/mol. The molecule has 0 N–H and O–H groups in total. The van der Waals surface area contributed by atoms with Gasteiger partial charge >= 0.3 is 6.18 Å². The Balaban J connectivity index is 1.46. The molecule has 1 aliphatic rings. The van der Waals surface area contributed by atoms with Crippen LogP contribution in [0, 0.1) is 5.82 Å². The molecule has 44 heavy (non-hydrogen) atoms. The molecule has 6 rings (SSSR count). The van der Waals surface area contributed by atoms with Crippen molar-refractivity contribution in [3.8, 4) is 34.4 Å². The van der Waals surface area contributed by atoms with E-state index in [0.717, 1.165) is 30.8 Å². The Bertz CT molecular complexity index is 1950. The maximum absolute atomic E-state index is 15.8. The first-order valence-electron chi connectivity index (χ1n) is 13.8. The zero-order valence-corrected chi connectivity index (χ0v) is 24.2. The van der Waals surface area contributed by atoms with Crippen molar-refractivity contribution >= 4 is 11.0 Å². The van der Waals surface area contributed by atoms with Gasteiger partial charge in [0, 0.05) is 35.8 Å². The zero-order valence-electron chi connectivity index (χ0n) is 24.2. The first-order valence-corrected chi connectivity index (χ1v) is 13.8. The summed E-state index contributed by atoms with van der Waals surface area (Å²) in [6.45, 7) is 3.21. The Morgan fingerprint density at radius 3 is 2.45 bits per heavy atom. The van der Waals surface area contributed by atoms with Crippen molar-refractivity contribution in [3.05, 3.63) is 76.1 Å². The molecule has 0 unspecified atom stereocenters. The number of fused-ring (bicyclic) bond motifs is 1. The summed E-state index contributed by atoms with van der Waals surface area (Å²) in [6.07, 6.45) is 1.06. The van der Waals surface area contributed by atoms with E-state index in [4.69, 9.17) is 14.5 Å². The van der Waals surface area contributed by atoms with Crippen molar-refractivity contribution in [1.82, 2.24) is 34.1 Å². The highest BCUT2D eigenvalue weighted by Crippen LogP contribution is 2.45. The van der Waals surface area contributed by atoms with E-state index in [2.05, 4.69) is 19.9 Å². The number of nitrogens with zero attached hydrogens (tertiary/aromatic N) is 7. The molecule has 228 valence electrons. The maximum atomic E-state index is 15.8. The minimum atomic E-state index is -4.72. The van der Waals surface area contributed by atoms with Crippen molar-refractivity contribution in [2.45, 2.75) is 51.4 Å². The van der Waals surface area contributed by atoms with E-state index in [-0.39, 0.29) is 41.1 Å². The second-order valence-electron chi connectivity index (χ2n) is 10.8. The van der Waals surface area contributed by atoms with E-state index < -0.39 is 29.3 Å². The average molecular weight is 610 g/mol. The van der Waals surface area contributed by atoms with Gasteiger partial charge in [0.05, 0.1) is 32.0 Å². The van der Waals surface area contributed by atoms with Gasteiger partial charge < -0.3 is 14.0 Å². The molecule has 1 fully saturated rings. The molecule has 1 saturated carbocycles. The molecule has 0 atom stereocenters.